The first-order valence-electron chi connectivity index (χ1n) is 7.62. The molecule has 1 atom stereocenters. The van der Waals surface area contributed by atoms with Crippen LogP contribution in [0.5, 0.6) is 0 Å². The zero-order valence-corrected chi connectivity index (χ0v) is 12.3. The molecule has 22 heavy (non-hydrogen) atoms. The molecule has 0 unspecified atom stereocenters. The summed E-state index contributed by atoms with van der Waals surface area (Å²) in [6.07, 6.45) is -2.92. The molecule has 1 saturated heterocycles. The van der Waals surface area contributed by atoms with Crippen LogP contribution in [-0.4, -0.2) is 42.2 Å². The Morgan fingerprint density at radius 3 is 2.64 bits per heavy atom. The highest BCUT2D eigenvalue weighted by Gasteiger charge is 2.31. The number of nitrogens with one attached hydrogen (secondary N) is 2. The minimum atomic E-state index is -4.11. The summed E-state index contributed by atoms with van der Waals surface area (Å²) in [5.74, 6) is 0. The van der Waals surface area contributed by atoms with E-state index in [0.717, 1.165) is 42.6 Å². The van der Waals surface area contributed by atoms with Gasteiger partial charge >= 0.3 is 6.18 Å². The van der Waals surface area contributed by atoms with Gasteiger partial charge in [-0.3, -0.25) is 4.90 Å². The van der Waals surface area contributed by atoms with Crippen LogP contribution < -0.4 is 5.32 Å². The number of aromatic amines is 1. The third-order valence-corrected chi connectivity index (χ3v) is 4.28. The van der Waals surface area contributed by atoms with E-state index in [1.54, 1.807) is 0 Å². The number of aromatic nitrogens is 1. The van der Waals surface area contributed by atoms with Crippen molar-refractivity contribution in [3.63, 3.8) is 0 Å². The number of hydrogen-bond acceptors (Lipinski definition) is 2. The van der Waals surface area contributed by atoms with Gasteiger partial charge in [-0.25, -0.2) is 0 Å². The first-order chi connectivity index (χ1) is 10.5. The second-order valence-corrected chi connectivity index (χ2v) is 5.74. The van der Waals surface area contributed by atoms with Crippen molar-refractivity contribution in [2.24, 2.45) is 0 Å². The van der Waals surface area contributed by atoms with Crippen molar-refractivity contribution >= 4 is 10.9 Å². The Balaban J connectivity index is 1.91. The number of hydrogen-bond donors (Lipinski definition) is 2. The smallest absolute Gasteiger partial charge is 0.361 e. The Morgan fingerprint density at radius 1 is 1.14 bits per heavy atom. The molecule has 2 heterocycles. The molecule has 2 aromatic rings. The van der Waals surface area contributed by atoms with Gasteiger partial charge in [0.2, 0.25) is 0 Å². The van der Waals surface area contributed by atoms with E-state index in [9.17, 15) is 13.2 Å². The summed E-state index contributed by atoms with van der Waals surface area (Å²) in [4.78, 5) is 5.31. The van der Waals surface area contributed by atoms with E-state index in [4.69, 9.17) is 0 Å². The third kappa shape index (κ3) is 3.44. The molecule has 0 bridgehead atoms. The van der Waals surface area contributed by atoms with E-state index in [1.165, 1.54) is 0 Å². The van der Waals surface area contributed by atoms with Gasteiger partial charge in [0.05, 0.1) is 0 Å². The van der Waals surface area contributed by atoms with Gasteiger partial charge in [-0.1, -0.05) is 12.1 Å². The van der Waals surface area contributed by atoms with Crippen molar-refractivity contribution < 1.29 is 13.2 Å². The van der Waals surface area contributed by atoms with Crippen LogP contribution in [0.4, 0.5) is 13.2 Å². The lowest BCUT2D eigenvalue weighted by molar-refractivity contribution is -0.138. The number of H-pyrrole nitrogens is 1. The standard InChI is InChI=1S/C16H20F3N3/c17-16(18,19)6-4-15(22-10-8-20-9-11-22)13-2-1-3-14-12(13)5-7-21-14/h1-3,5,7,15,20-21H,4,6,8-11H2/t15-/m1/s1. The zero-order chi connectivity index (χ0) is 15.6. The van der Waals surface area contributed by atoms with Crippen LogP contribution in [0, 0.1) is 0 Å². The normalized spacial score (nSPS) is 18.7. The van der Waals surface area contributed by atoms with Crippen LogP contribution in [0.25, 0.3) is 10.9 Å². The summed E-state index contributed by atoms with van der Waals surface area (Å²) in [6, 6.07) is 7.59. The molecule has 1 aliphatic heterocycles. The molecule has 0 aliphatic carbocycles. The molecule has 3 nitrogen and oxygen atoms in total. The minimum Gasteiger partial charge on any atom is -0.361 e. The highest BCUT2D eigenvalue weighted by Crippen LogP contribution is 2.34. The molecule has 0 spiro atoms. The SMILES string of the molecule is FC(F)(F)CC[C@H](c1cccc2[nH]ccc12)N1CCNCC1. The highest BCUT2D eigenvalue weighted by molar-refractivity contribution is 5.83. The molecule has 0 saturated carbocycles. The number of benzene rings is 1. The van der Waals surface area contributed by atoms with Gasteiger partial charge in [0.15, 0.2) is 0 Å². The lowest BCUT2D eigenvalue weighted by Gasteiger charge is -2.35. The molecule has 120 valence electrons. The summed E-state index contributed by atoms with van der Waals surface area (Å²) < 4.78 is 38.1. The fourth-order valence-corrected chi connectivity index (χ4v) is 3.23. The van der Waals surface area contributed by atoms with Crippen molar-refractivity contribution in [3.8, 4) is 0 Å². The Kier molecular flexibility index (Phi) is 4.40. The van der Waals surface area contributed by atoms with Gasteiger partial charge in [0.25, 0.3) is 0 Å². The first kappa shape index (κ1) is 15.4. The third-order valence-electron chi connectivity index (χ3n) is 4.28. The van der Waals surface area contributed by atoms with Gasteiger partial charge in [0, 0.05) is 55.7 Å². The fourth-order valence-electron chi connectivity index (χ4n) is 3.23. The van der Waals surface area contributed by atoms with Crippen molar-refractivity contribution in [3.05, 3.63) is 36.0 Å². The predicted octanol–water partition coefficient (Wildman–Crippen LogP) is 3.46. The molecular weight excluding hydrogens is 291 g/mol. The number of nitrogens with zero attached hydrogens (tertiary/aromatic N) is 1. The van der Waals surface area contributed by atoms with E-state index >= 15 is 0 Å². The van der Waals surface area contributed by atoms with Crippen molar-refractivity contribution in [2.45, 2.75) is 25.1 Å². The Hall–Kier alpha value is -1.53. The molecule has 2 N–H and O–H groups in total. The second-order valence-electron chi connectivity index (χ2n) is 5.74. The van der Waals surface area contributed by atoms with Gasteiger partial charge in [0.1, 0.15) is 0 Å². The van der Waals surface area contributed by atoms with Crippen molar-refractivity contribution in [1.29, 1.82) is 0 Å². The molecule has 6 heteroatoms. The Labute approximate surface area is 127 Å². The number of rotatable bonds is 4. The van der Waals surface area contributed by atoms with Crippen molar-refractivity contribution in [1.82, 2.24) is 15.2 Å². The van der Waals surface area contributed by atoms with Crippen LogP contribution >= 0.6 is 0 Å². The monoisotopic (exact) mass is 311 g/mol. The average molecular weight is 311 g/mol. The molecule has 3 rings (SSSR count). The van der Waals surface area contributed by atoms with Crippen LogP contribution in [0.2, 0.25) is 0 Å². The number of alkyl halides is 3. The average Bonchev–Trinajstić information content (AvgIpc) is 2.96. The summed E-state index contributed by atoms with van der Waals surface area (Å²) in [5.41, 5.74) is 1.97. The largest absolute Gasteiger partial charge is 0.389 e. The van der Waals surface area contributed by atoms with Gasteiger partial charge in [-0.2, -0.15) is 13.2 Å². The molecule has 0 radical (unpaired) electrons. The summed E-state index contributed by atoms with van der Waals surface area (Å²) >= 11 is 0. The topological polar surface area (TPSA) is 31.1 Å². The maximum atomic E-state index is 12.7. The molecule has 1 aromatic carbocycles. The highest BCUT2D eigenvalue weighted by atomic mass is 19.4. The quantitative estimate of drug-likeness (QED) is 0.906. The Bertz CT molecular complexity index is 614. The van der Waals surface area contributed by atoms with E-state index in [1.807, 2.05) is 30.5 Å². The fraction of sp³-hybridized carbons (Fsp3) is 0.500. The number of fused-ring (bicyclic) bond motifs is 1. The van der Waals surface area contributed by atoms with Gasteiger partial charge < -0.3 is 10.3 Å². The molecule has 1 aliphatic rings. The van der Waals surface area contributed by atoms with E-state index in [2.05, 4.69) is 15.2 Å². The summed E-state index contributed by atoms with van der Waals surface area (Å²) in [6.45, 7) is 3.21. The molecule has 0 amide bonds. The minimum absolute atomic E-state index is 0.105. The Morgan fingerprint density at radius 2 is 1.91 bits per heavy atom. The van der Waals surface area contributed by atoms with Gasteiger partial charge in [-0.15, -0.1) is 0 Å². The van der Waals surface area contributed by atoms with Crippen LogP contribution in [0.15, 0.2) is 30.5 Å². The second kappa shape index (κ2) is 6.30. The van der Waals surface area contributed by atoms with Crippen LogP contribution in [0.1, 0.15) is 24.4 Å². The van der Waals surface area contributed by atoms with E-state index in [0.29, 0.717) is 0 Å². The summed E-state index contributed by atoms with van der Waals surface area (Å²) in [7, 11) is 0. The van der Waals surface area contributed by atoms with E-state index in [-0.39, 0.29) is 12.5 Å². The van der Waals surface area contributed by atoms with Gasteiger partial charge in [-0.05, 0) is 24.1 Å². The lowest BCUT2D eigenvalue weighted by atomic mass is 9.96. The number of halogens is 3. The maximum Gasteiger partial charge on any atom is 0.389 e. The molecule has 1 fully saturated rings. The van der Waals surface area contributed by atoms with Crippen molar-refractivity contribution in [2.75, 3.05) is 26.2 Å². The molecule has 1 aromatic heterocycles. The maximum absolute atomic E-state index is 12.7. The summed E-state index contributed by atoms with van der Waals surface area (Å²) in [5, 5.41) is 4.28. The number of piperazine rings is 1. The van der Waals surface area contributed by atoms with E-state index < -0.39 is 12.6 Å². The predicted molar refractivity (Wildman–Crippen MR) is 80.8 cm³/mol. The first-order valence-corrected chi connectivity index (χ1v) is 7.62. The van der Waals surface area contributed by atoms with Crippen LogP contribution in [0.3, 0.4) is 0 Å². The lowest BCUT2D eigenvalue weighted by Crippen LogP contribution is -2.45. The zero-order valence-electron chi connectivity index (χ0n) is 12.3. The molecular formula is C16H20F3N3. The van der Waals surface area contributed by atoms with Crippen LogP contribution in [-0.2, 0) is 0 Å².